The van der Waals surface area contributed by atoms with Gasteiger partial charge in [-0.2, -0.15) is 0 Å². The van der Waals surface area contributed by atoms with Crippen LogP contribution in [0, 0.1) is 12.8 Å². The van der Waals surface area contributed by atoms with E-state index in [4.69, 9.17) is 0 Å². The van der Waals surface area contributed by atoms with Gasteiger partial charge in [-0.1, -0.05) is 0 Å². The molecular weight excluding hydrogens is 146 g/mol. The zero-order valence-corrected chi connectivity index (χ0v) is 8.01. The van der Waals surface area contributed by atoms with E-state index in [1.54, 1.807) is 0 Å². The summed E-state index contributed by atoms with van der Waals surface area (Å²) < 4.78 is 2.38. The van der Waals surface area contributed by atoms with Gasteiger partial charge >= 0.3 is 0 Å². The van der Waals surface area contributed by atoms with Crippen molar-refractivity contribution in [2.75, 3.05) is 0 Å². The molecule has 1 heteroatoms. The van der Waals surface area contributed by atoms with Gasteiger partial charge in [-0.25, -0.2) is 0 Å². The first-order chi connectivity index (χ1) is 5.79. The normalized spacial score (nSPS) is 16.8. The van der Waals surface area contributed by atoms with Gasteiger partial charge in [-0.3, -0.25) is 0 Å². The molecule has 0 aliphatic heterocycles. The van der Waals surface area contributed by atoms with Gasteiger partial charge in [0.25, 0.3) is 0 Å². The van der Waals surface area contributed by atoms with Gasteiger partial charge in [0.15, 0.2) is 0 Å². The van der Waals surface area contributed by atoms with Gasteiger partial charge in [0.2, 0.25) is 0 Å². The highest BCUT2D eigenvalue weighted by Gasteiger charge is 2.22. The molecule has 0 amide bonds. The van der Waals surface area contributed by atoms with E-state index < -0.39 is 0 Å². The molecule has 1 aromatic heterocycles. The molecule has 1 nitrogen and oxygen atoms in total. The molecule has 0 saturated heterocycles. The fraction of sp³-hybridized carbons (Fsp3) is 0.636. The van der Waals surface area contributed by atoms with E-state index in [-0.39, 0.29) is 0 Å². The third-order valence-electron chi connectivity index (χ3n) is 2.66. The second-order valence-electron chi connectivity index (χ2n) is 3.94. The second kappa shape index (κ2) is 2.96. The molecule has 1 saturated carbocycles. The molecule has 1 aliphatic carbocycles. The first-order valence-corrected chi connectivity index (χ1v) is 4.95. The molecule has 0 radical (unpaired) electrons. The lowest BCUT2D eigenvalue weighted by atomic mass is 10.2. The standard InChI is InChI=1S/C11H17N/c1-3-12-8-9(2)6-11(12)7-10-4-5-10/h6,8,10H,3-5,7H2,1-2H3. The van der Waals surface area contributed by atoms with Gasteiger partial charge in [-0.05, 0) is 50.7 Å². The lowest BCUT2D eigenvalue weighted by Gasteiger charge is -2.03. The highest BCUT2D eigenvalue weighted by atomic mass is 15.0. The van der Waals surface area contributed by atoms with E-state index in [2.05, 4.69) is 30.7 Å². The lowest BCUT2D eigenvalue weighted by Crippen LogP contribution is -1.99. The number of aryl methyl sites for hydroxylation is 2. The first kappa shape index (κ1) is 7.90. The number of rotatable bonds is 3. The average molecular weight is 163 g/mol. The Labute approximate surface area is 74.4 Å². The Morgan fingerprint density at radius 1 is 1.50 bits per heavy atom. The smallest absolute Gasteiger partial charge is 0.0193 e. The first-order valence-electron chi connectivity index (χ1n) is 4.95. The van der Waals surface area contributed by atoms with Crippen LogP contribution in [-0.2, 0) is 13.0 Å². The van der Waals surface area contributed by atoms with Crippen LogP contribution < -0.4 is 0 Å². The molecule has 1 heterocycles. The minimum absolute atomic E-state index is 1.00. The van der Waals surface area contributed by atoms with Crippen LogP contribution in [0.5, 0.6) is 0 Å². The van der Waals surface area contributed by atoms with Crippen LogP contribution in [-0.4, -0.2) is 4.57 Å². The van der Waals surface area contributed by atoms with E-state index in [0.717, 1.165) is 12.5 Å². The number of hydrogen-bond acceptors (Lipinski definition) is 0. The maximum atomic E-state index is 2.38. The summed E-state index contributed by atoms with van der Waals surface area (Å²) in [6, 6.07) is 2.34. The van der Waals surface area contributed by atoms with Gasteiger partial charge in [0.05, 0.1) is 0 Å². The van der Waals surface area contributed by atoms with Crippen LogP contribution in [0.4, 0.5) is 0 Å². The quantitative estimate of drug-likeness (QED) is 0.645. The summed E-state index contributed by atoms with van der Waals surface area (Å²) in [5.74, 6) is 1.00. The van der Waals surface area contributed by atoms with Gasteiger partial charge < -0.3 is 4.57 Å². The largest absolute Gasteiger partial charge is 0.351 e. The molecule has 0 bridgehead atoms. The highest BCUT2D eigenvalue weighted by Crippen LogP contribution is 2.32. The predicted octanol–water partition coefficient (Wildman–Crippen LogP) is 2.77. The van der Waals surface area contributed by atoms with Crippen molar-refractivity contribution in [3.05, 3.63) is 23.5 Å². The molecule has 1 aliphatic rings. The molecule has 0 N–H and O–H groups in total. The fourth-order valence-corrected chi connectivity index (χ4v) is 1.80. The van der Waals surface area contributed by atoms with Crippen molar-refractivity contribution in [2.24, 2.45) is 5.92 Å². The summed E-state index contributed by atoms with van der Waals surface area (Å²) >= 11 is 0. The van der Waals surface area contributed by atoms with E-state index in [9.17, 15) is 0 Å². The van der Waals surface area contributed by atoms with E-state index in [0.29, 0.717) is 0 Å². The summed E-state index contributed by atoms with van der Waals surface area (Å²) in [5, 5.41) is 0. The fourth-order valence-electron chi connectivity index (χ4n) is 1.80. The van der Waals surface area contributed by atoms with Crippen LogP contribution in [0.25, 0.3) is 0 Å². The van der Waals surface area contributed by atoms with Gasteiger partial charge in [-0.15, -0.1) is 0 Å². The summed E-state index contributed by atoms with van der Waals surface area (Å²) in [5.41, 5.74) is 2.95. The topological polar surface area (TPSA) is 4.93 Å². The SMILES string of the molecule is CCn1cc(C)cc1CC1CC1. The van der Waals surface area contributed by atoms with Crippen LogP contribution in [0.2, 0.25) is 0 Å². The molecule has 0 spiro atoms. The number of hydrogen-bond donors (Lipinski definition) is 0. The van der Waals surface area contributed by atoms with Gasteiger partial charge in [0.1, 0.15) is 0 Å². The Hall–Kier alpha value is -0.720. The lowest BCUT2D eigenvalue weighted by molar-refractivity contribution is 0.680. The van der Waals surface area contributed by atoms with Gasteiger partial charge in [0, 0.05) is 18.4 Å². The Bertz CT molecular complexity index is 269. The summed E-state index contributed by atoms with van der Waals surface area (Å²) in [6.45, 7) is 5.52. The molecule has 0 aromatic carbocycles. The van der Waals surface area contributed by atoms with Crippen LogP contribution in [0.3, 0.4) is 0 Å². The Morgan fingerprint density at radius 3 is 2.83 bits per heavy atom. The molecule has 0 unspecified atom stereocenters. The average Bonchev–Trinajstić information content (AvgIpc) is 2.76. The molecule has 2 rings (SSSR count). The third-order valence-corrected chi connectivity index (χ3v) is 2.66. The van der Waals surface area contributed by atoms with E-state index >= 15 is 0 Å². The monoisotopic (exact) mass is 163 g/mol. The zero-order valence-electron chi connectivity index (χ0n) is 8.01. The highest BCUT2D eigenvalue weighted by molar-refractivity contribution is 5.18. The number of nitrogens with zero attached hydrogens (tertiary/aromatic N) is 1. The summed E-state index contributed by atoms with van der Waals surface area (Å²) in [7, 11) is 0. The molecule has 12 heavy (non-hydrogen) atoms. The summed E-state index contributed by atoms with van der Waals surface area (Å²) in [6.07, 6.45) is 6.47. The van der Waals surface area contributed by atoms with Crippen LogP contribution in [0.15, 0.2) is 12.3 Å². The Morgan fingerprint density at radius 2 is 2.25 bits per heavy atom. The molecule has 1 aromatic rings. The van der Waals surface area contributed by atoms with Crippen molar-refractivity contribution in [1.29, 1.82) is 0 Å². The van der Waals surface area contributed by atoms with Crippen molar-refractivity contribution in [1.82, 2.24) is 4.57 Å². The van der Waals surface area contributed by atoms with Crippen molar-refractivity contribution in [3.8, 4) is 0 Å². The van der Waals surface area contributed by atoms with Crippen molar-refractivity contribution in [2.45, 2.75) is 39.7 Å². The van der Waals surface area contributed by atoms with E-state index in [1.165, 1.54) is 30.5 Å². The second-order valence-corrected chi connectivity index (χ2v) is 3.94. The minimum Gasteiger partial charge on any atom is -0.351 e. The van der Waals surface area contributed by atoms with Crippen molar-refractivity contribution >= 4 is 0 Å². The maximum Gasteiger partial charge on any atom is 0.0193 e. The maximum absolute atomic E-state index is 2.38. The molecule has 0 atom stereocenters. The van der Waals surface area contributed by atoms with E-state index in [1.807, 2.05) is 0 Å². The molecular formula is C11H17N. The minimum atomic E-state index is 1.00. The predicted molar refractivity (Wildman–Crippen MR) is 51.3 cm³/mol. The van der Waals surface area contributed by atoms with Crippen LogP contribution >= 0.6 is 0 Å². The van der Waals surface area contributed by atoms with Crippen molar-refractivity contribution < 1.29 is 0 Å². The Balaban J connectivity index is 2.15. The van der Waals surface area contributed by atoms with Crippen molar-refractivity contribution in [3.63, 3.8) is 0 Å². The number of aromatic nitrogens is 1. The molecule has 66 valence electrons. The molecule has 1 fully saturated rings. The Kier molecular flexibility index (Phi) is 1.95. The third kappa shape index (κ3) is 1.55. The van der Waals surface area contributed by atoms with Crippen LogP contribution in [0.1, 0.15) is 31.0 Å². The summed E-state index contributed by atoms with van der Waals surface area (Å²) in [4.78, 5) is 0. The zero-order chi connectivity index (χ0) is 8.55.